The van der Waals surface area contributed by atoms with Gasteiger partial charge in [-0.25, -0.2) is 9.97 Å². The fourth-order valence-electron chi connectivity index (χ4n) is 3.35. The molecule has 4 nitrogen and oxygen atoms in total. The van der Waals surface area contributed by atoms with Gasteiger partial charge in [-0.05, 0) is 56.6 Å². The van der Waals surface area contributed by atoms with E-state index in [1.54, 1.807) is 0 Å². The molecule has 1 unspecified atom stereocenters. The maximum Gasteiger partial charge on any atom is 0.138 e. The van der Waals surface area contributed by atoms with Crippen molar-refractivity contribution in [2.24, 2.45) is 5.92 Å². The maximum atomic E-state index is 4.86. The Bertz CT molecular complexity index is 792. The van der Waals surface area contributed by atoms with E-state index in [2.05, 4.69) is 45.8 Å². The highest BCUT2D eigenvalue weighted by atomic mass is 15.1. The summed E-state index contributed by atoms with van der Waals surface area (Å²) in [5, 5.41) is 0. The molecule has 1 aromatic carbocycles. The van der Waals surface area contributed by atoms with Crippen molar-refractivity contribution in [3.63, 3.8) is 0 Å². The molecule has 1 aliphatic rings. The molecule has 0 bridgehead atoms. The van der Waals surface area contributed by atoms with Gasteiger partial charge >= 0.3 is 0 Å². The Labute approximate surface area is 130 Å². The van der Waals surface area contributed by atoms with Gasteiger partial charge in [0, 0.05) is 12.2 Å². The van der Waals surface area contributed by atoms with E-state index in [9.17, 15) is 0 Å². The second-order valence-corrected chi connectivity index (χ2v) is 6.21. The molecule has 0 spiro atoms. The van der Waals surface area contributed by atoms with Crippen molar-refractivity contribution >= 4 is 11.0 Å². The normalized spacial score (nSPS) is 19.0. The van der Waals surface area contributed by atoms with Crippen LogP contribution in [0.15, 0.2) is 48.8 Å². The number of likely N-dealkylation sites (tertiary alicyclic amines) is 1. The average Bonchev–Trinajstić information content (AvgIpc) is 3.14. The summed E-state index contributed by atoms with van der Waals surface area (Å²) >= 11 is 0. The zero-order chi connectivity index (χ0) is 14.9. The summed E-state index contributed by atoms with van der Waals surface area (Å²) in [4.78, 5) is 11.7. The molecule has 2 aromatic heterocycles. The number of fused-ring (bicyclic) bond motifs is 1. The number of pyridine rings is 1. The van der Waals surface area contributed by atoms with Crippen LogP contribution in [-0.4, -0.2) is 39.6 Å². The fourth-order valence-corrected chi connectivity index (χ4v) is 3.35. The molecule has 3 aromatic rings. The molecule has 22 heavy (non-hydrogen) atoms. The Kier molecular flexibility index (Phi) is 3.39. The summed E-state index contributed by atoms with van der Waals surface area (Å²) in [6.45, 7) is 2.39. The first-order valence-electron chi connectivity index (χ1n) is 7.86. The lowest BCUT2D eigenvalue weighted by Crippen LogP contribution is -2.15. The second-order valence-electron chi connectivity index (χ2n) is 6.21. The average molecular weight is 292 g/mol. The summed E-state index contributed by atoms with van der Waals surface area (Å²) in [6, 6.07) is 14.5. The molecule has 1 saturated heterocycles. The van der Waals surface area contributed by atoms with Crippen LogP contribution in [0.25, 0.3) is 16.9 Å². The van der Waals surface area contributed by atoms with E-state index >= 15 is 0 Å². The Balaban J connectivity index is 1.64. The highest BCUT2D eigenvalue weighted by molar-refractivity contribution is 5.76. The van der Waals surface area contributed by atoms with Crippen molar-refractivity contribution in [1.29, 1.82) is 0 Å². The van der Waals surface area contributed by atoms with E-state index in [-0.39, 0.29) is 0 Å². The quantitative estimate of drug-likeness (QED) is 0.744. The minimum Gasteiger partial charge on any atom is -0.306 e. The molecule has 3 heterocycles. The van der Waals surface area contributed by atoms with Gasteiger partial charge in [-0.1, -0.05) is 18.2 Å². The van der Waals surface area contributed by atoms with Crippen LogP contribution in [0, 0.1) is 5.92 Å². The van der Waals surface area contributed by atoms with Gasteiger partial charge in [-0.3, -0.25) is 4.57 Å². The molecule has 112 valence electrons. The lowest BCUT2D eigenvalue weighted by molar-refractivity contribution is 0.393. The highest BCUT2D eigenvalue weighted by Gasteiger charge is 2.20. The van der Waals surface area contributed by atoms with Crippen LogP contribution in [0.2, 0.25) is 0 Å². The van der Waals surface area contributed by atoms with Gasteiger partial charge in [-0.15, -0.1) is 0 Å². The number of hydrogen-bond donors (Lipinski definition) is 0. The number of hydrogen-bond acceptors (Lipinski definition) is 3. The van der Waals surface area contributed by atoms with Crippen LogP contribution in [0.1, 0.15) is 12.1 Å². The third kappa shape index (κ3) is 2.50. The largest absolute Gasteiger partial charge is 0.306 e. The number of imidazole rings is 1. The third-order valence-electron chi connectivity index (χ3n) is 4.48. The molecule has 1 aliphatic heterocycles. The van der Waals surface area contributed by atoms with Crippen molar-refractivity contribution < 1.29 is 0 Å². The minimum absolute atomic E-state index is 0.729. The van der Waals surface area contributed by atoms with Crippen LogP contribution in [0.3, 0.4) is 0 Å². The van der Waals surface area contributed by atoms with Gasteiger partial charge in [0.25, 0.3) is 0 Å². The van der Waals surface area contributed by atoms with Crippen LogP contribution >= 0.6 is 0 Å². The predicted octanol–water partition coefficient (Wildman–Crippen LogP) is 2.91. The van der Waals surface area contributed by atoms with E-state index in [0.29, 0.717) is 0 Å². The molecule has 4 rings (SSSR count). The van der Waals surface area contributed by atoms with Crippen molar-refractivity contribution in [1.82, 2.24) is 19.4 Å². The maximum absolute atomic E-state index is 4.86. The number of benzene rings is 1. The number of para-hydroxylation sites is 2. The van der Waals surface area contributed by atoms with Gasteiger partial charge in [0.1, 0.15) is 12.1 Å². The fraction of sp³-hybridized carbons (Fsp3) is 0.333. The van der Waals surface area contributed by atoms with Crippen molar-refractivity contribution in [3.8, 4) is 5.82 Å². The summed E-state index contributed by atoms with van der Waals surface area (Å²) in [5.41, 5.74) is 3.29. The van der Waals surface area contributed by atoms with E-state index in [0.717, 1.165) is 29.2 Å². The van der Waals surface area contributed by atoms with Crippen LogP contribution in [-0.2, 0) is 6.42 Å². The summed E-state index contributed by atoms with van der Waals surface area (Å²) in [5.74, 6) is 1.69. The number of nitrogens with zero attached hydrogens (tertiary/aromatic N) is 4. The third-order valence-corrected chi connectivity index (χ3v) is 4.48. The van der Waals surface area contributed by atoms with Gasteiger partial charge < -0.3 is 4.90 Å². The van der Waals surface area contributed by atoms with E-state index in [1.807, 2.05) is 24.5 Å². The van der Waals surface area contributed by atoms with Crippen molar-refractivity contribution in [3.05, 3.63) is 54.5 Å². The number of aromatic nitrogens is 3. The lowest BCUT2D eigenvalue weighted by atomic mass is 10.0. The molecule has 1 fully saturated rings. The van der Waals surface area contributed by atoms with E-state index in [4.69, 9.17) is 4.98 Å². The molecule has 0 saturated carbocycles. The summed E-state index contributed by atoms with van der Waals surface area (Å²) in [6.07, 6.45) is 4.20. The zero-order valence-corrected chi connectivity index (χ0v) is 12.8. The zero-order valence-electron chi connectivity index (χ0n) is 12.8. The van der Waals surface area contributed by atoms with Crippen molar-refractivity contribution in [2.45, 2.75) is 12.8 Å². The SMILES string of the molecule is CN1CCC(Cc2cccc(-n3cnc4ccccc43)n2)C1. The summed E-state index contributed by atoms with van der Waals surface area (Å²) < 4.78 is 2.07. The van der Waals surface area contributed by atoms with Crippen LogP contribution in [0.5, 0.6) is 0 Å². The van der Waals surface area contributed by atoms with Crippen LogP contribution < -0.4 is 0 Å². The molecular formula is C18H20N4. The standard InChI is InChI=1S/C18H20N4/c1-21-10-9-14(12-21)11-15-5-4-8-18(20-15)22-13-19-16-6-2-3-7-17(16)22/h2-8,13-14H,9-12H2,1H3. The minimum atomic E-state index is 0.729. The van der Waals surface area contributed by atoms with Gasteiger partial charge in [0.15, 0.2) is 0 Å². The molecule has 4 heteroatoms. The van der Waals surface area contributed by atoms with E-state index in [1.165, 1.54) is 25.2 Å². The molecule has 0 radical (unpaired) electrons. The van der Waals surface area contributed by atoms with E-state index < -0.39 is 0 Å². The predicted molar refractivity (Wildman–Crippen MR) is 88.2 cm³/mol. The lowest BCUT2D eigenvalue weighted by Gasteiger charge is -2.11. The van der Waals surface area contributed by atoms with Gasteiger partial charge in [0.05, 0.1) is 11.0 Å². The molecule has 0 N–H and O–H groups in total. The molecule has 0 amide bonds. The Morgan fingerprint density at radius 1 is 1.14 bits per heavy atom. The van der Waals surface area contributed by atoms with Crippen LogP contribution in [0.4, 0.5) is 0 Å². The smallest absolute Gasteiger partial charge is 0.138 e. The first-order chi connectivity index (χ1) is 10.8. The topological polar surface area (TPSA) is 34.0 Å². The van der Waals surface area contributed by atoms with Gasteiger partial charge in [0.2, 0.25) is 0 Å². The Morgan fingerprint density at radius 2 is 2.05 bits per heavy atom. The Morgan fingerprint density at radius 3 is 2.91 bits per heavy atom. The van der Waals surface area contributed by atoms with Gasteiger partial charge in [-0.2, -0.15) is 0 Å². The molecule has 1 atom stereocenters. The monoisotopic (exact) mass is 292 g/mol. The Hall–Kier alpha value is -2.20. The summed E-state index contributed by atoms with van der Waals surface area (Å²) in [7, 11) is 2.20. The van der Waals surface area contributed by atoms with Crippen molar-refractivity contribution in [2.75, 3.05) is 20.1 Å². The number of rotatable bonds is 3. The highest BCUT2D eigenvalue weighted by Crippen LogP contribution is 2.20. The first-order valence-corrected chi connectivity index (χ1v) is 7.86. The molecular weight excluding hydrogens is 272 g/mol. The molecule has 0 aliphatic carbocycles. The second kappa shape index (κ2) is 5.54. The first kappa shape index (κ1) is 13.5.